The van der Waals surface area contributed by atoms with Crippen molar-refractivity contribution in [1.29, 1.82) is 0 Å². The van der Waals surface area contributed by atoms with Gasteiger partial charge in [-0.25, -0.2) is 4.98 Å². The lowest BCUT2D eigenvalue weighted by atomic mass is 10.0. The van der Waals surface area contributed by atoms with Crippen LogP contribution in [-0.2, 0) is 0 Å². The predicted molar refractivity (Wildman–Crippen MR) is 65.1 cm³/mol. The van der Waals surface area contributed by atoms with Crippen molar-refractivity contribution in [2.24, 2.45) is 5.73 Å². The molecule has 0 radical (unpaired) electrons. The largest absolute Gasteiger partial charge is 0.472 e. The Morgan fingerprint density at radius 3 is 2.94 bits per heavy atom. The van der Waals surface area contributed by atoms with Gasteiger partial charge in [0.15, 0.2) is 0 Å². The highest BCUT2D eigenvalue weighted by Crippen LogP contribution is 2.33. The Hall–Kier alpha value is -1.36. The van der Waals surface area contributed by atoms with Crippen molar-refractivity contribution < 1.29 is 4.74 Å². The van der Waals surface area contributed by atoms with Gasteiger partial charge in [-0.05, 0) is 26.2 Å². The molecule has 17 heavy (non-hydrogen) atoms. The van der Waals surface area contributed by atoms with Crippen molar-refractivity contribution in [3.63, 3.8) is 0 Å². The fourth-order valence-corrected chi connectivity index (χ4v) is 1.48. The third kappa shape index (κ3) is 2.85. The minimum absolute atomic E-state index is 0.151. The first kappa shape index (κ1) is 12.1. The van der Waals surface area contributed by atoms with Gasteiger partial charge in [-0.1, -0.05) is 6.92 Å². The van der Waals surface area contributed by atoms with Crippen LogP contribution in [0.1, 0.15) is 39.2 Å². The number of aromatic nitrogens is 2. The molecule has 1 saturated carbocycles. The molecule has 0 aliphatic heterocycles. The molecule has 1 aliphatic rings. The molecule has 0 aromatic carbocycles. The van der Waals surface area contributed by atoms with E-state index in [1.807, 2.05) is 13.8 Å². The van der Waals surface area contributed by atoms with Crippen LogP contribution in [0.4, 0.5) is 0 Å². The molecule has 1 aromatic heterocycles. The van der Waals surface area contributed by atoms with Crippen LogP contribution in [-0.4, -0.2) is 21.7 Å². The Morgan fingerprint density at radius 2 is 2.35 bits per heavy atom. The summed E-state index contributed by atoms with van der Waals surface area (Å²) in [5.74, 6) is 0.157. The highest BCUT2D eigenvalue weighted by Gasteiger charge is 2.26. The van der Waals surface area contributed by atoms with E-state index >= 15 is 0 Å². The highest BCUT2D eigenvalue weighted by molar-refractivity contribution is 5.07. The summed E-state index contributed by atoms with van der Waals surface area (Å²) < 4.78 is 7.14. The zero-order chi connectivity index (χ0) is 12.5. The third-order valence-electron chi connectivity index (χ3n) is 3.12. The van der Waals surface area contributed by atoms with Crippen LogP contribution in [0.15, 0.2) is 17.2 Å². The summed E-state index contributed by atoms with van der Waals surface area (Å²) in [7, 11) is 0. The Bertz CT molecular complexity index is 449. The summed E-state index contributed by atoms with van der Waals surface area (Å²) in [6, 6.07) is 0.336. The van der Waals surface area contributed by atoms with Crippen LogP contribution in [0.25, 0.3) is 0 Å². The zero-order valence-electron chi connectivity index (χ0n) is 10.3. The minimum Gasteiger partial charge on any atom is -0.472 e. The fourth-order valence-electron chi connectivity index (χ4n) is 1.48. The number of ether oxygens (including phenoxy) is 1. The Morgan fingerprint density at radius 1 is 1.65 bits per heavy atom. The van der Waals surface area contributed by atoms with Gasteiger partial charge in [0.05, 0.1) is 0 Å². The van der Waals surface area contributed by atoms with E-state index in [1.54, 1.807) is 17.0 Å². The van der Waals surface area contributed by atoms with E-state index in [4.69, 9.17) is 10.5 Å². The highest BCUT2D eigenvalue weighted by atomic mass is 16.5. The van der Waals surface area contributed by atoms with Crippen molar-refractivity contribution in [2.75, 3.05) is 6.61 Å². The molecular formula is C12H19N3O2. The van der Waals surface area contributed by atoms with Gasteiger partial charge in [0, 0.05) is 24.0 Å². The molecule has 0 amide bonds. The molecular weight excluding hydrogens is 218 g/mol. The molecule has 5 nitrogen and oxygen atoms in total. The molecule has 1 aliphatic carbocycles. The normalized spacial score (nSPS) is 18.8. The number of rotatable bonds is 5. The first-order valence-corrected chi connectivity index (χ1v) is 6.02. The van der Waals surface area contributed by atoms with Crippen LogP contribution in [0.5, 0.6) is 5.88 Å². The van der Waals surface area contributed by atoms with E-state index < -0.39 is 5.54 Å². The van der Waals surface area contributed by atoms with Gasteiger partial charge in [-0.15, -0.1) is 0 Å². The lowest BCUT2D eigenvalue weighted by Gasteiger charge is -2.22. The smallest absolute Gasteiger partial charge is 0.313 e. The summed E-state index contributed by atoms with van der Waals surface area (Å²) >= 11 is 0. The fraction of sp³-hybridized carbons (Fsp3) is 0.667. The molecule has 94 valence electrons. The Labute approximate surface area is 101 Å². The third-order valence-corrected chi connectivity index (χ3v) is 3.12. The maximum Gasteiger partial charge on any atom is 0.313 e. The second-order valence-corrected chi connectivity index (χ2v) is 4.97. The minimum atomic E-state index is -0.422. The van der Waals surface area contributed by atoms with E-state index in [0.29, 0.717) is 12.6 Å². The lowest BCUT2D eigenvalue weighted by Crippen LogP contribution is -2.42. The summed E-state index contributed by atoms with van der Waals surface area (Å²) in [4.78, 5) is 16.0. The molecule has 1 fully saturated rings. The second kappa shape index (κ2) is 4.49. The molecule has 0 bridgehead atoms. The Balaban J connectivity index is 2.11. The zero-order valence-corrected chi connectivity index (χ0v) is 10.3. The maximum absolute atomic E-state index is 12.0. The van der Waals surface area contributed by atoms with Gasteiger partial charge < -0.3 is 15.0 Å². The topological polar surface area (TPSA) is 70.1 Å². The first-order chi connectivity index (χ1) is 8.03. The quantitative estimate of drug-likeness (QED) is 0.832. The first-order valence-electron chi connectivity index (χ1n) is 6.02. The summed E-state index contributed by atoms with van der Waals surface area (Å²) in [5.41, 5.74) is 5.39. The summed E-state index contributed by atoms with van der Waals surface area (Å²) in [6.07, 6.45) is 6.24. The standard InChI is InChI=1S/C12H19N3O2/c1-3-12(2,13)8-17-10-11(16)15(7-6-14-10)9-4-5-9/h6-7,9H,3-5,8,13H2,1-2H3. The molecule has 1 atom stereocenters. The van der Waals surface area contributed by atoms with Gasteiger partial charge in [0.1, 0.15) is 6.61 Å². The van der Waals surface area contributed by atoms with Gasteiger partial charge in [-0.3, -0.25) is 4.79 Å². The van der Waals surface area contributed by atoms with Gasteiger partial charge >= 0.3 is 5.56 Å². The molecule has 0 saturated heterocycles. The number of nitrogens with two attached hydrogens (primary N) is 1. The monoisotopic (exact) mass is 237 g/mol. The molecule has 1 heterocycles. The number of hydrogen-bond acceptors (Lipinski definition) is 4. The van der Waals surface area contributed by atoms with E-state index in [1.165, 1.54) is 0 Å². The molecule has 2 N–H and O–H groups in total. The lowest BCUT2D eigenvalue weighted by molar-refractivity contribution is 0.214. The molecule has 1 aromatic rings. The second-order valence-electron chi connectivity index (χ2n) is 4.97. The predicted octanol–water partition coefficient (Wildman–Crippen LogP) is 1.08. The summed E-state index contributed by atoms with van der Waals surface area (Å²) in [5, 5.41) is 0. The average molecular weight is 237 g/mol. The van der Waals surface area contributed by atoms with Crippen molar-refractivity contribution in [3.8, 4) is 5.88 Å². The van der Waals surface area contributed by atoms with E-state index in [2.05, 4.69) is 4.98 Å². The van der Waals surface area contributed by atoms with Crippen LogP contribution >= 0.6 is 0 Å². The van der Waals surface area contributed by atoms with Crippen LogP contribution in [0, 0.1) is 0 Å². The van der Waals surface area contributed by atoms with E-state index in [9.17, 15) is 4.79 Å². The molecule has 1 unspecified atom stereocenters. The maximum atomic E-state index is 12.0. The number of hydrogen-bond donors (Lipinski definition) is 1. The van der Waals surface area contributed by atoms with Crippen LogP contribution in [0.2, 0.25) is 0 Å². The van der Waals surface area contributed by atoms with Gasteiger partial charge in [0.25, 0.3) is 5.88 Å². The van der Waals surface area contributed by atoms with Crippen molar-refractivity contribution in [2.45, 2.75) is 44.7 Å². The van der Waals surface area contributed by atoms with Crippen molar-refractivity contribution in [1.82, 2.24) is 9.55 Å². The van der Waals surface area contributed by atoms with Crippen molar-refractivity contribution in [3.05, 3.63) is 22.7 Å². The molecule has 2 rings (SSSR count). The van der Waals surface area contributed by atoms with Crippen molar-refractivity contribution >= 4 is 0 Å². The number of nitrogens with zero attached hydrogens (tertiary/aromatic N) is 2. The van der Waals surface area contributed by atoms with Crippen LogP contribution in [0.3, 0.4) is 0 Å². The Kier molecular flexibility index (Phi) is 3.19. The van der Waals surface area contributed by atoms with Gasteiger partial charge in [0.2, 0.25) is 0 Å². The average Bonchev–Trinajstić information content (AvgIpc) is 3.12. The van der Waals surface area contributed by atoms with E-state index in [-0.39, 0.29) is 11.4 Å². The molecule has 5 heteroatoms. The van der Waals surface area contributed by atoms with Crippen LogP contribution < -0.4 is 16.0 Å². The summed E-state index contributed by atoms with van der Waals surface area (Å²) in [6.45, 7) is 4.19. The molecule has 0 spiro atoms. The van der Waals surface area contributed by atoms with Gasteiger partial charge in [-0.2, -0.15) is 0 Å². The van der Waals surface area contributed by atoms with E-state index in [0.717, 1.165) is 19.3 Å². The SMILES string of the molecule is CCC(C)(N)COc1nccn(C2CC2)c1=O.